The van der Waals surface area contributed by atoms with Gasteiger partial charge in [-0.25, -0.2) is 0 Å². The zero-order valence-corrected chi connectivity index (χ0v) is 10.2. The van der Waals surface area contributed by atoms with Gasteiger partial charge < -0.3 is 15.7 Å². The van der Waals surface area contributed by atoms with E-state index in [0.29, 0.717) is 25.2 Å². The van der Waals surface area contributed by atoms with Crippen LogP contribution in [0.1, 0.15) is 38.5 Å². The topological polar surface area (TPSA) is 83.6 Å². The lowest BCUT2D eigenvalue weighted by Crippen LogP contribution is -2.39. The molecule has 0 aromatic heterocycles. The van der Waals surface area contributed by atoms with Gasteiger partial charge in [0.15, 0.2) is 0 Å². The highest BCUT2D eigenvalue weighted by molar-refractivity contribution is 5.76. The summed E-state index contributed by atoms with van der Waals surface area (Å²) in [4.78, 5) is 24.4. The van der Waals surface area contributed by atoms with Crippen molar-refractivity contribution in [1.82, 2.24) is 4.90 Å². The number of likely N-dealkylation sites (tertiary alicyclic amines) is 1. The van der Waals surface area contributed by atoms with Crippen LogP contribution < -0.4 is 5.73 Å². The predicted octanol–water partition coefficient (Wildman–Crippen LogP) is 0.263. The molecule has 0 saturated carbocycles. The van der Waals surface area contributed by atoms with E-state index in [1.165, 1.54) is 0 Å². The van der Waals surface area contributed by atoms with E-state index < -0.39 is 0 Å². The van der Waals surface area contributed by atoms with Crippen LogP contribution in [0.25, 0.3) is 0 Å². The first-order chi connectivity index (χ1) is 8.13. The lowest BCUT2D eigenvalue weighted by molar-refractivity contribution is -0.132. The number of aliphatic hydroxyl groups is 1. The minimum atomic E-state index is -0.252. The summed E-state index contributed by atoms with van der Waals surface area (Å²) in [5.74, 6) is 0.252. The fourth-order valence-corrected chi connectivity index (χ4v) is 2.22. The molecule has 0 aliphatic carbocycles. The van der Waals surface area contributed by atoms with Crippen LogP contribution in [-0.4, -0.2) is 41.5 Å². The van der Waals surface area contributed by atoms with Crippen molar-refractivity contribution in [3.05, 3.63) is 0 Å². The van der Waals surface area contributed by atoms with Gasteiger partial charge in [0.1, 0.15) is 0 Å². The van der Waals surface area contributed by atoms with E-state index in [2.05, 4.69) is 0 Å². The van der Waals surface area contributed by atoms with Crippen molar-refractivity contribution in [3.8, 4) is 0 Å². The van der Waals surface area contributed by atoms with Gasteiger partial charge in [0.05, 0.1) is 0 Å². The summed E-state index contributed by atoms with van der Waals surface area (Å²) in [5.41, 5.74) is 5.16. The van der Waals surface area contributed by atoms with Crippen LogP contribution in [0.2, 0.25) is 0 Å². The Labute approximate surface area is 102 Å². The van der Waals surface area contributed by atoms with Crippen LogP contribution in [0.15, 0.2) is 0 Å². The van der Waals surface area contributed by atoms with E-state index in [4.69, 9.17) is 10.8 Å². The van der Waals surface area contributed by atoms with E-state index in [9.17, 15) is 9.59 Å². The third-order valence-electron chi connectivity index (χ3n) is 3.26. The average Bonchev–Trinajstić information content (AvgIpc) is 2.29. The maximum absolute atomic E-state index is 11.8. The minimum absolute atomic E-state index is 0.147. The fraction of sp³-hybridized carbons (Fsp3) is 0.833. The average molecular weight is 242 g/mol. The molecule has 0 aromatic rings. The van der Waals surface area contributed by atoms with Crippen molar-refractivity contribution in [2.45, 2.75) is 38.5 Å². The first-order valence-corrected chi connectivity index (χ1v) is 6.30. The summed E-state index contributed by atoms with van der Waals surface area (Å²) in [6.07, 6.45) is 4.12. The van der Waals surface area contributed by atoms with Crippen molar-refractivity contribution >= 4 is 11.8 Å². The van der Waals surface area contributed by atoms with Crippen molar-refractivity contribution < 1.29 is 14.7 Å². The molecule has 0 spiro atoms. The monoisotopic (exact) mass is 242 g/mol. The highest BCUT2D eigenvalue weighted by Gasteiger charge is 2.23. The molecule has 3 N–H and O–H groups in total. The molecule has 1 heterocycles. The number of hydrogen-bond donors (Lipinski definition) is 2. The minimum Gasteiger partial charge on any atom is -0.396 e. The first-order valence-electron chi connectivity index (χ1n) is 6.30. The van der Waals surface area contributed by atoms with Gasteiger partial charge in [-0.1, -0.05) is 0 Å². The van der Waals surface area contributed by atoms with Gasteiger partial charge in [-0.15, -0.1) is 0 Å². The summed E-state index contributed by atoms with van der Waals surface area (Å²) < 4.78 is 0. The van der Waals surface area contributed by atoms with Crippen LogP contribution in [0.3, 0.4) is 0 Å². The number of carbonyl (C=O) groups is 2. The normalized spacial score (nSPS) is 17.1. The fourth-order valence-electron chi connectivity index (χ4n) is 2.22. The SMILES string of the molecule is NC(=O)CC1CCN(C(=O)CCCCO)CC1. The smallest absolute Gasteiger partial charge is 0.222 e. The van der Waals surface area contributed by atoms with Gasteiger partial charge in [0, 0.05) is 32.5 Å². The lowest BCUT2D eigenvalue weighted by atomic mass is 9.93. The van der Waals surface area contributed by atoms with Gasteiger partial charge in [-0.05, 0) is 31.6 Å². The second-order valence-corrected chi connectivity index (χ2v) is 4.68. The Balaban J connectivity index is 2.21. The van der Waals surface area contributed by atoms with Crippen LogP contribution in [0.4, 0.5) is 0 Å². The molecule has 1 aliphatic heterocycles. The summed E-state index contributed by atoms with van der Waals surface area (Å²) >= 11 is 0. The molecule has 1 rings (SSSR count). The number of amides is 2. The molecule has 5 nitrogen and oxygen atoms in total. The summed E-state index contributed by atoms with van der Waals surface area (Å²) in [6, 6.07) is 0. The number of carbonyl (C=O) groups excluding carboxylic acids is 2. The third kappa shape index (κ3) is 5.17. The maximum atomic E-state index is 11.8. The Morgan fingerprint density at radius 2 is 1.88 bits per heavy atom. The van der Waals surface area contributed by atoms with Crippen LogP contribution >= 0.6 is 0 Å². The van der Waals surface area contributed by atoms with E-state index >= 15 is 0 Å². The zero-order chi connectivity index (χ0) is 12.7. The number of piperidine rings is 1. The largest absolute Gasteiger partial charge is 0.396 e. The number of aliphatic hydroxyl groups excluding tert-OH is 1. The van der Waals surface area contributed by atoms with E-state index in [1.54, 1.807) is 0 Å². The number of hydrogen-bond acceptors (Lipinski definition) is 3. The van der Waals surface area contributed by atoms with Crippen molar-refractivity contribution in [2.75, 3.05) is 19.7 Å². The highest BCUT2D eigenvalue weighted by Crippen LogP contribution is 2.20. The molecule has 0 atom stereocenters. The molecule has 17 heavy (non-hydrogen) atoms. The van der Waals surface area contributed by atoms with Gasteiger partial charge in [-0.3, -0.25) is 9.59 Å². The highest BCUT2D eigenvalue weighted by atomic mass is 16.3. The number of unbranched alkanes of at least 4 members (excludes halogenated alkanes) is 1. The summed E-state index contributed by atoms with van der Waals surface area (Å²) in [5, 5.41) is 8.64. The zero-order valence-electron chi connectivity index (χ0n) is 10.2. The molecule has 0 radical (unpaired) electrons. The van der Waals surface area contributed by atoms with Crippen LogP contribution in [0, 0.1) is 5.92 Å². The molecule has 5 heteroatoms. The molecule has 1 fully saturated rings. The Morgan fingerprint density at radius 1 is 1.24 bits per heavy atom. The Hall–Kier alpha value is -1.10. The van der Waals surface area contributed by atoms with E-state index in [-0.39, 0.29) is 18.4 Å². The second-order valence-electron chi connectivity index (χ2n) is 4.68. The van der Waals surface area contributed by atoms with Crippen molar-refractivity contribution in [2.24, 2.45) is 11.7 Å². The maximum Gasteiger partial charge on any atom is 0.222 e. The number of nitrogens with zero attached hydrogens (tertiary/aromatic N) is 1. The number of rotatable bonds is 6. The molecule has 0 aromatic carbocycles. The molecule has 1 saturated heterocycles. The first kappa shape index (κ1) is 14.0. The van der Waals surface area contributed by atoms with Crippen LogP contribution in [-0.2, 0) is 9.59 Å². The molecule has 0 bridgehead atoms. The van der Waals surface area contributed by atoms with Gasteiger partial charge in [-0.2, -0.15) is 0 Å². The molecule has 98 valence electrons. The summed E-state index contributed by atoms with van der Waals surface area (Å²) in [7, 11) is 0. The lowest BCUT2D eigenvalue weighted by Gasteiger charge is -2.31. The van der Waals surface area contributed by atoms with Gasteiger partial charge >= 0.3 is 0 Å². The van der Waals surface area contributed by atoms with E-state index in [0.717, 1.165) is 32.4 Å². The standard InChI is InChI=1S/C12H22N2O3/c13-11(16)9-10-4-6-14(7-5-10)12(17)3-1-2-8-15/h10,15H,1-9H2,(H2,13,16). The molecule has 0 unspecified atom stereocenters. The molecular weight excluding hydrogens is 220 g/mol. The molecule has 1 aliphatic rings. The van der Waals surface area contributed by atoms with Crippen molar-refractivity contribution in [1.29, 1.82) is 0 Å². The third-order valence-corrected chi connectivity index (χ3v) is 3.26. The number of primary amides is 1. The number of nitrogens with two attached hydrogens (primary N) is 1. The van der Waals surface area contributed by atoms with Gasteiger partial charge in [0.25, 0.3) is 0 Å². The Morgan fingerprint density at radius 3 is 2.41 bits per heavy atom. The predicted molar refractivity (Wildman–Crippen MR) is 64.1 cm³/mol. The van der Waals surface area contributed by atoms with E-state index in [1.807, 2.05) is 4.90 Å². The Bertz CT molecular complexity index is 260. The Kier molecular flexibility index (Phi) is 5.97. The molecule has 2 amide bonds. The molecular formula is C12H22N2O3. The quantitative estimate of drug-likeness (QED) is 0.655. The van der Waals surface area contributed by atoms with Gasteiger partial charge in [0.2, 0.25) is 11.8 Å². The van der Waals surface area contributed by atoms with Crippen LogP contribution in [0.5, 0.6) is 0 Å². The van der Waals surface area contributed by atoms with Crippen molar-refractivity contribution in [3.63, 3.8) is 0 Å². The second kappa shape index (κ2) is 7.27. The summed E-state index contributed by atoms with van der Waals surface area (Å²) in [6.45, 7) is 1.61.